The van der Waals surface area contributed by atoms with Crippen molar-refractivity contribution in [2.75, 3.05) is 85.8 Å². The summed E-state index contributed by atoms with van der Waals surface area (Å²) < 4.78 is 94.4. The molecule has 2 atom stereocenters. The molecule has 3 amide bonds. The molecule has 11 N–H and O–H groups in total. The molecule has 58 heavy (non-hydrogen) atoms. The third-order valence-corrected chi connectivity index (χ3v) is 8.98. The lowest BCUT2D eigenvalue weighted by Gasteiger charge is -2.27. The van der Waals surface area contributed by atoms with Crippen LogP contribution in [0.15, 0.2) is 51.9 Å². The van der Waals surface area contributed by atoms with Crippen LogP contribution in [-0.2, 0) is 52.8 Å². The number of hydrogen-bond donors (Lipinski definition) is 7. The average molecular weight is 849 g/mol. The molecule has 0 fully saturated rings. The molecule has 0 aliphatic heterocycles. The number of guanidine groups is 1. The highest BCUT2D eigenvalue weighted by molar-refractivity contribution is 7.89. The average Bonchev–Trinajstić information content (AvgIpc) is 3.16. The number of hydrogen-bond acceptors (Lipinski definition) is 14. The number of halogens is 2. The molecule has 0 saturated carbocycles. The molecule has 0 bridgehead atoms. The Bertz CT molecular complexity index is 1780. The number of rotatable bonds is 30. The quantitative estimate of drug-likeness (QED) is 0.0210. The summed E-state index contributed by atoms with van der Waals surface area (Å²) >= 11 is 0. The predicted octanol–water partition coefficient (Wildman–Crippen LogP) is -1.21. The Kier molecular flexibility index (Phi) is 21.9. The molecule has 0 heterocycles. The second kappa shape index (κ2) is 25.6. The largest absolute Gasteiger partial charge is 0.451 e. The number of carbonyl (C=O) groups is 3. The number of aliphatic hydroxyl groups is 2. The van der Waals surface area contributed by atoms with Crippen LogP contribution in [0.1, 0.15) is 18.9 Å². The Morgan fingerprint density at radius 3 is 1.67 bits per heavy atom. The van der Waals surface area contributed by atoms with E-state index in [1.165, 1.54) is 37.3 Å². The maximum Gasteiger partial charge on any atom is 0.275 e. The van der Waals surface area contributed by atoms with E-state index < -0.39 is 69.2 Å². The molecule has 23 heteroatoms. The third-order valence-electron chi connectivity index (χ3n) is 7.50. The van der Waals surface area contributed by atoms with Gasteiger partial charge in [0.1, 0.15) is 5.75 Å². The molecule has 0 spiro atoms. The van der Waals surface area contributed by atoms with Gasteiger partial charge in [-0.1, -0.05) is 0 Å². The first-order chi connectivity index (χ1) is 27.5. The Balaban J connectivity index is 1.51. The minimum atomic E-state index is -3.93. The second-order valence-electron chi connectivity index (χ2n) is 12.0. The number of nitrogens with zero attached hydrogens (tertiary/aromatic N) is 1. The van der Waals surface area contributed by atoms with Crippen LogP contribution in [0.5, 0.6) is 11.5 Å². The highest BCUT2D eigenvalue weighted by atomic mass is 32.2. The SMILES string of the molecule is C/C(=C\c1cc(F)c(Oc2ccc(S(=O)(=O)NCCOCCOCCOCCOCCOCCOCCC(O)(C(N)=O)C(O)C(N)=O)cc2)c(F)c1)C(=O)N=C(N)N. The van der Waals surface area contributed by atoms with Gasteiger partial charge >= 0.3 is 0 Å². The monoisotopic (exact) mass is 848 g/mol. The molecular formula is C35H50F2N6O14S. The number of aliphatic hydroxyl groups excluding tert-OH is 1. The Morgan fingerprint density at radius 2 is 1.24 bits per heavy atom. The van der Waals surface area contributed by atoms with Crippen molar-refractivity contribution in [3.63, 3.8) is 0 Å². The fourth-order valence-electron chi connectivity index (χ4n) is 4.47. The number of nitrogens with one attached hydrogen (secondary N) is 1. The smallest absolute Gasteiger partial charge is 0.275 e. The van der Waals surface area contributed by atoms with Crippen molar-refractivity contribution in [3.8, 4) is 11.5 Å². The van der Waals surface area contributed by atoms with E-state index in [0.29, 0.717) is 26.4 Å². The molecule has 20 nitrogen and oxygen atoms in total. The van der Waals surface area contributed by atoms with Gasteiger partial charge in [-0.25, -0.2) is 21.9 Å². The Labute approximate surface area is 333 Å². The first-order valence-electron chi connectivity index (χ1n) is 17.5. The van der Waals surface area contributed by atoms with E-state index in [2.05, 4.69) is 9.71 Å². The van der Waals surface area contributed by atoms with Crippen LogP contribution in [0, 0.1) is 11.6 Å². The molecule has 0 saturated heterocycles. The second-order valence-corrected chi connectivity index (χ2v) is 13.7. The normalized spacial score (nSPS) is 13.4. The van der Waals surface area contributed by atoms with E-state index in [9.17, 15) is 41.8 Å². The topological polar surface area (TPSA) is 319 Å². The standard InChI is InChI=1S/C35H50F2N6O14S/c1-23(32(46)43-34(40)41)20-24-21-27(36)29(28(37)22-24)57-25-2-4-26(5-3-25)58(49,50)42-7-9-52-11-13-54-15-17-56-19-18-55-16-14-53-12-10-51-8-6-35(48,33(39)47)30(44)31(38)45/h2-5,20-22,30,42,44,48H,6-19H2,1H3,(H2,38,45)(H2,39,47)(H4,40,41,43,46)/b23-20+. The van der Waals surface area contributed by atoms with Crippen molar-refractivity contribution in [2.24, 2.45) is 27.9 Å². The van der Waals surface area contributed by atoms with Gasteiger partial charge in [0.2, 0.25) is 15.9 Å². The van der Waals surface area contributed by atoms with Gasteiger partial charge in [-0.2, -0.15) is 4.99 Å². The maximum absolute atomic E-state index is 14.7. The van der Waals surface area contributed by atoms with Crippen LogP contribution in [0.2, 0.25) is 0 Å². The highest BCUT2D eigenvalue weighted by Gasteiger charge is 2.44. The van der Waals surface area contributed by atoms with E-state index in [0.717, 1.165) is 12.1 Å². The number of sulfonamides is 1. The fourth-order valence-corrected chi connectivity index (χ4v) is 5.49. The number of ether oxygens (including phenoxy) is 7. The van der Waals surface area contributed by atoms with E-state index in [1.807, 2.05) is 0 Å². The van der Waals surface area contributed by atoms with Crippen molar-refractivity contribution < 1.29 is 75.0 Å². The summed E-state index contributed by atoms with van der Waals surface area (Å²) in [6, 6.07) is 6.75. The van der Waals surface area contributed by atoms with Gasteiger partial charge in [-0.15, -0.1) is 0 Å². The van der Waals surface area contributed by atoms with Crippen LogP contribution < -0.4 is 32.4 Å². The van der Waals surface area contributed by atoms with Crippen molar-refractivity contribution >= 4 is 39.8 Å². The number of amides is 3. The van der Waals surface area contributed by atoms with Gasteiger partial charge in [0.05, 0.1) is 84.2 Å². The van der Waals surface area contributed by atoms with Gasteiger partial charge in [0, 0.05) is 18.5 Å². The third kappa shape index (κ3) is 17.8. The molecule has 2 rings (SSSR count). The summed E-state index contributed by atoms with van der Waals surface area (Å²) in [4.78, 5) is 37.5. The molecule has 0 aliphatic rings. The summed E-state index contributed by atoms with van der Waals surface area (Å²) in [5.41, 5.74) is 17.8. The van der Waals surface area contributed by atoms with E-state index in [-0.39, 0.29) is 81.2 Å². The van der Waals surface area contributed by atoms with Crippen LogP contribution in [0.25, 0.3) is 6.08 Å². The fraction of sp³-hybridized carbons (Fsp3) is 0.486. The lowest BCUT2D eigenvalue weighted by atomic mass is 9.92. The molecular weight excluding hydrogens is 798 g/mol. The lowest BCUT2D eigenvalue weighted by molar-refractivity contribution is -0.161. The van der Waals surface area contributed by atoms with Crippen LogP contribution in [-0.4, -0.2) is 140 Å². The molecule has 324 valence electrons. The summed E-state index contributed by atoms with van der Waals surface area (Å²) in [5, 5.41) is 19.7. The molecule has 0 aliphatic carbocycles. The maximum atomic E-state index is 14.7. The van der Waals surface area contributed by atoms with Crippen molar-refractivity contribution in [3.05, 3.63) is 59.2 Å². The molecule has 2 unspecified atom stereocenters. The van der Waals surface area contributed by atoms with Gasteiger partial charge in [0.25, 0.3) is 11.8 Å². The van der Waals surface area contributed by atoms with Gasteiger partial charge in [-0.05, 0) is 55.0 Å². The van der Waals surface area contributed by atoms with Crippen molar-refractivity contribution in [1.82, 2.24) is 4.72 Å². The summed E-state index contributed by atoms with van der Waals surface area (Å²) in [5.74, 6) is -6.74. The zero-order valence-corrected chi connectivity index (χ0v) is 32.5. The van der Waals surface area contributed by atoms with Gasteiger partial charge in [0.15, 0.2) is 35.0 Å². The van der Waals surface area contributed by atoms with Crippen LogP contribution in [0.4, 0.5) is 8.78 Å². The summed E-state index contributed by atoms with van der Waals surface area (Å²) in [7, 11) is -3.93. The number of aliphatic imine (C=N–C) groups is 1. The zero-order valence-electron chi connectivity index (χ0n) is 31.7. The lowest BCUT2D eigenvalue weighted by Crippen LogP contribution is -2.58. The van der Waals surface area contributed by atoms with Gasteiger partial charge < -0.3 is 66.3 Å². The molecule has 0 aromatic heterocycles. The molecule has 2 aromatic rings. The van der Waals surface area contributed by atoms with Crippen LogP contribution >= 0.6 is 0 Å². The Morgan fingerprint density at radius 1 is 0.793 bits per heavy atom. The van der Waals surface area contributed by atoms with Crippen molar-refractivity contribution in [1.29, 1.82) is 0 Å². The summed E-state index contributed by atoms with van der Waals surface area (Å²) in [6.07, 6.45) is -1.40. The zero-order chi connectivity index (χ0) is 43.1. The Hall–Kier alpha value is -4.69. The number of benzene rings is 2. The minimum Gasteiger partial charge on any atom is -0.451 e. The van der Waals surface area contributed by atoms with E-state index in [4.69, 9.17) is 56.1 Å². The minimum absolute atomic E-state index is 0.0154. The first-order valence-corrected chi connectivity index (χ1v) is 19.0. The number of primary amides is 2. The van der Waals surface area contributed by atoms with E-state index in [1.54, 1.807) is 0 Å². The number of nitrogens with two attached hydrogens (primary N) is 4. The molecule has 0 radical (unpaired) electrons. The summed E-state index contributed by atoms with van der Waals surface area (Å²) in [6.45, 7) is 3.73. The van der Waals surface area contributed by atoms with Gasteiger partial charge in [-0.3, -0.25) is 14.4 Å². The van der Waals surface area contributed by atoms with Crippen molar-refractivity contribution in [2.45, 2.75) is 29.9 Å². The van der Waals surface area contributed by atoms with E-state index >= 15 is 0 Å². The number of carbonyl (C=O) groups excluding carboxylic acids is 3. The first kappa shape index (κ1) is 49.5. The predicted molar refractivity (Wildman–Crippen MR) is 201 cm³/mol. The highest BCUT2D eigenvalue weighted by Crippen LogP contribution is 2.30. The van der Waals surface area contributed by atoms with Crippen LogP contribution in [0.3, 0.4) is 0 Å². The molecule has 2 aromatic carbocycles.